The van der Waals surface area contributed by atoms with Gasteiger partial charge < -0.3 is 14.8 Å². The fourth-order valence-electron chi connectivity index (χ4n) is 4.37. The van der Waals surface area contributed by atoms with Crippen LogP contribution in [0, 0.1) is 5.41 Å². The van der Waals surface area contributed by atoms with Crippen LogP contribution in [0.25, 0.3) is 0 Å². The molecule has 5 nitrogen and oxygen atoms in total. The Balaban J connectivity index is 1.74. The highest BCUT2D eigenvalue weighted by Gasteiger charge is 2.45. The van der Waals surface area contributed by atoms with E-state index in [9.17, 15) is 4.79 Å². The Hall–Kier alpha value is -0.980. The van der Waals surface area contributed by atoms with E-state index in [0.717, 1.165) is 48.9 Å². The van der Waals surface area contributed by atoms with Crippen LogP contribution in [0.4, 0.5) is 0 Å². The van der Waals surface area contributed by atoms with Gasteiger partial charge in [-0.3, -0.25) is 0 Å². The van der Waals surface area contributed by atoms with Crippen molar-refractivity contribution in [3.63, 3.8) is 0 Å². The second-order valence-corrected chi connectivity index (χ2v) is 9.80. The third-order valence-corrected chi connectivity index (χ3v) is 6.39. The fraction of sp³-hybridized carbons (Fsp3) is 0.714. The van der Waals surface area contributed by atoms with Gasteiger partial charge in [0.2, 0.25) is 0 Å². The molecule has 2 heterocycles. The number of nitrogens with one attached hydrogen (secondary N) is 1. The molecule has 0 radical (unpaired) electrons. The molecule has 0 atom stereocenters. The van der Waals surface area contributed by atoms with E-state index in [0.29, 0.717) is 5.41 Å². The number of pyridine rings is 1. The molecule has 3 rings (SSSR count). The first kappa shape index (κ1) is 20.7. The molecular weight excluding hydrogens is 408 g/mol. The monoisotopic (exact) mass is 438 g/mol. The summed E-state index contributed by atoms with van der Waals surface area (Å²) >= 11 is 3.41. The van der Waals surface area contributed by atoms with Gasteiger partial charge in [0, 0.05) is 11.8 Å². The highest BCUT2D eigenvalue weighted by molar-refractivity contribution is 9.10. The molecule has 0 aromatic carbocycles. The summed E-state index contributed by atoms with van der Waals surface area (Å²) in [7, 11) is 0. The van der Waals surface area contributed by atoms with E-state index in [-0.39, 0.29) is 12.6 Å². The van der Waals surface area contributed by atoms with Gasteiger partial charge in [-0.2, -0.15) is 0 Å². The van der Waals surface area contributed by atoms with E-state index >= 15 is 0 Å². The number of hydrogen-bond acceptors (Lipinski definition) is 5. The van der Waals surface area contributed by atoms with Crippen LogP contribution in [0.5, 0.6) is 0 Å². The Labute approximate surface area is 170 Å². The van der Waals surface area contributed by atoms with Crippen molar-refractivity contribution in [2.75, 3.05) is 19.7 Å². The van der Waals surface area contributed by atoms with Gasteiger partial charge in [0.05, 0.1) is 5.60 Å². The topological polar surface area (TPSA) is 60.5 Å². The highest BCUT2D eigenvalue weighted by Crippen LogP contribution is 2.51. The van der Waals surface area contributed by atoms with Crippen molar-refractivity contribution in [1.29, 1.82) is 0 Å². The molecule has 2 fully saturated rings. The zero-order valence-electron chi connectivity index (χ0n) is 16.6. The molecule has 1 N–H and O–H groups in total. The average Bonchev–Trinajstić information content (AvgIpc) is 2.62. The van der Waals surface area contributed by atoms with Crippen molar-refractivity contribution in [3.05, 3.63) is 28.5 Å². The van der Waals surface area contributed by atoms with E-state index in [4.69, 9.17) is 9.47 Å². The summed E-state index contributed by atoms with van der Waals surface area (Å²) in [6.07, 6.45) is 8.41. The fourth-order valence-corrected chi connectivity index (χ4v) is 4.61. The normalized spacial score (nSPS) is 21.8. The maximum atomic E-state index is 12.2. The largest absolute Gasteiger partial charge is 0.458 e. The van der Waals surface area contributed by atoms with Gasteiger partial charge in [0.25, 0.3) is 0 Å². The van der Waals surface area contributed by atoms with Crippen LogP contribution in [-0.2, 0) is 19.9 Å². The molecule has 0 amide bonds. The van der Waals surface area contributed by atoms with E-state index < -0.39 is 11.2 Å². The van der Waals surface area contributed by atoms with Crippen LogP contribution >= 0.6 is 15.9 Å². The number of ether oxygens (including phenoxy) is 2. The second-order valence-electron chi connectivity index (χ2n) is 8.99. The summed E-state index contributed by atoms with van der Waals surface area (Å²) in [6, 6.07) is 4.01. The van der Waals surface area contributed by atoms with Crippen molar-refractivity contribution in [3.8, 4) is 0 Å². The number of esters is 1. The van der Waals surface area contributed by atoms with Crippen LogP contribution in [0.15, 0.2) is 22.9 Å². The second kappa shape index (κ2) is 8.18. The molecule has 1 aliphatic carbocycles. The van der Waals surface area contributed by atoms with Crippen LogP contribution in [0.2, 0.25) is 0 Å². The van der Waals surface area contributed by atoms with Gasteiger partial charge in [0.15, 0.2) is 0 Å². The Morgan fingerprint density at radius 2 is 1.81 bits per heavy atom. The number of carbonyl (C=O) groups is 1. The maximum Gasteiger partial charge on any atom is 0.332 e. The molecule has 6 heteroatoms. The average molecular weight is 439 g/mol. The minimum atomic E-state index is -0.501. The van der Waals surface area contributed by atoms with Gasteiger partial charge in [0.1, 0.15) is 16.8 Å². The summed E-state index contributed by atoms with van der Waals surface area (Å²) in [5.41, 5.74) is 0.518. The summed E-state index contributed by atoms with van der Waals surface area (Å²) in [6.45, 7) is 7.81. The highest BCUT2D eigenvalue weighted by atomic mass is 79.9. The number of halogens is 1. The van der Waals surface area contributed by atoms with Crippen LogP contribution in [-0.4, -0.2) is 36.3 Å². The number of carbonyl (C=O) groups excluding carboxylic acids is 1. The lowest BCUT2D eigenvalue weighted by atomic mass is 9.63. The van der Waals surface area contributed by atoms with Gasteiger partial charge in [-0.25, -0.2) is 9.78 Å². The molecule has 1 spiro atoms. The lowest BCUT2D eigenvalue weighted by Crippen LogP contribution is -2.45. The lowest BCUT2D eigenvalue weighted by molar-refractivity contribution is -0.172. The van der Waals surface area contributed by atoms with Gasteiger partial charge >= 0.3 is 5.97 Å². The number of hydrogen-bond donors (Lipinski definition) is 1. The number of piperidine rings is 1. The molecule has 2 aliphatic rings. The molecule has 0 unspecified atom stereocenters. The number of rotatable bonds is 4. The summed E-state index contributed by atoms with van der Waals surface area (Å²) < 4.78 is 12.5. The van der Waals surface area contributed by atoms with Crippen molar-refractivity contribution >= 4 is 21.9 Å². The van der Waals surface area contributed by atoms with E-state index in [2.05, 4.69) is 32.3 Å². The first-order valence-electron chi connectivity index (χ1n) is 9.91. The molecule has 150 valence electrons. The maximum absolute atomic E-state index is 12.2. The van der Waals surface area contributed by atoms with Crippen molar-refractivity contribution in [2.45, 2.75) is 70.5 Å². The molecular formula is C21H31BrN2O3. The van der Waals surface area contributed by atoms with E-state index in [1.54, 1.807) is 0 Å². The van der Waals surface area contributed by atoms with Crippen molar-refractivity contribution < 1.29 is 14.3 Å². The quantitative estimate of drug-likeness (QED) is 0.559. The van der Waals surface area contributed by atoms with Gasteiger partial charge in [-0.15, -0.1) is 0 Å². The SMILES string of the molecule is CC(C)(C)OC(=O)COC1(c2ccc(Br)nc2)CCC2(CCNCC2)CC1. The number of nitrogens with zero attached hydrogens (tertiary/aromatic N) is 1. The van der Waals surface area contributed by atoms with Crippen LogP contribution < -0.4 is 5.32 Å². The predicted molar refractivity (Wildman–Crippen MR) is 108 cm³/mol. The number of aromatic nitrogens is 1. The van der Waals surface area contributed by atoms with Crippen LogP contribution in [0.1, 0.15) is 64.9 Å². The van der Waals surface area contributed by atoms with E-state index in [1.165, 1.54) is 12.8 Å². The van der Waals surface area contributed by atoms with E-state index in [1.807, 2.05) is 33.0 Å². The summed E-state index contributed by atoms with van der Waals surface area (Å²) in [5, 5.41) is 3.47. The summed E-state index contributed by atoms with van der Waals surface area (Å²) in [4.78, 5) is 16.6. The Kier molecular flexibility index (Phi) is 6.28. The zero-order chi connectivity index (χ0) is 19.5. The molecule has 27 heavy (non-hydrogen) atoms. The molecule has 0 bridgehead atoms. The molecule has 1 aliphatic heterocycles. The van der Waals surface area contributed by atoms with Crippen LogP contribution in [0.3, 0.4) is 0 Å². The minimum absolute atomic E-state index is 0.0259. The third kappa shape index (κ3) is 5.30. The Bertz CT molecular complexity index is 638. The predicted octanol–water partition coefficient (Wildman–Crippen LogP) is 4.34. The summed E-state index contributed by atoms with van der Waals surface area (Å²) in [5.74, 6) is -0.311. The molecule has 1 aromatic rings. The Morgan fingerprint density at radius 1 is 1.15 bits per heavy atom. The van der Waals surface area contributed by atoms with Gasteiger partial charge in [-0.1, -0.05) is 6.07 Å². The smallest absolute Gasteiger partial charge is 0.332 e. The molecule has 1 aromatic heterocycles. The minimum Gasteiger partial charge on any atom is -0.458 e. The first-order chi connectivity index (χ1) is 12.7. The van der Waals surface area contributed by atoms with Crippen molar-refractivity contribution in [1.82, 2.24) is 10.3 Å². The zero-order valence-corrected chi connectivity index (χ0v) is 18.2. The third-order valence-electron chi connectivity index (χ3n) is 5.92. The van der Waals surface area contributed by atoms with Gasteiger partial charge in [-0.05, 0) is 99.8 Å². The standard InChI is InChI=1S/C21H31BrN2O3/c1-19(2,3)27-18(25)15-26-21(16-4-5-17(22)24-14-16)8-6-20(7-9-21)10-12-23-13-11-20/h4-5,14,23H,6-13,15H2,1-3H3. The van der Waals surface area contributed by atoms with Crippen molar-refractivity contribution in [2.24, 2.45) is 5.41 Å². The Morgan fingerprint density at radius 3 is 2.37 bits per heavy atom. The molecule has 1 saturated heterocycles. The molecule has 1 saturated carbocycles. The first-order valence-corrected chi connectivity index (χ1v) is 10.7. The lowest BCUT2D eigenvalue weighted by Gasteiger charge is -2.48.